The number of benzene rings is 1. The van der Waals surface area contributed by atoms with Crippen molar-refractivity contribution in [1.29, 1.82) is 5.26 Å². The fourth-order valence-electron chi connectivity index (χ4n) is 1.49. The van der Waals surface area contributed by atoms with E-state index in [1.165, 1.54) is 17.8 Å². The van der Waals surface area contributed by atoms with Gasteiger partial charge >= 0.3 is 0 Å². The molecule has 2 N–H and O–H groups in total. The zero-order valence-corrected chi connectivity index (χ0v) is 11.2. The topological polar surface area (TPSA) is 93.0 Å². The molecule has 0 aliphatic carbocycles. The van der Waals surface area contributed by atoms with Gasteiger partial charge in [-0.3, -0.25) is 10.1 Å². The lowest BCUT2D eigenvalue weighted by molar-refractivity contribution is -0.385. The highest BCUT2D eigenvalue weighted by Crippen LogP contribution is 2.25. The maximum atomic E-state index is 13.6. The summed E-state index contributed by atoms with van der Waals surface area (Å²) in [7, 11) is 0. The van der Waals surface area contributed by atoms with E-state index in [9.17, 15) is 14.5 Å². The summed E-state index contributed by atoms with van der Waals surface area (Å²) >= 11 is 1.42. The molecular weight excluding hydrogens is 269 g/mol. The minimum Gasteiger partial charge on any atom is -0.324 e. The molecule has 0 aromatic heterocycles. The van der Waals surface area contributed by atoms with Crippen molar-refractivity contribution < 1.29 is 9.31 Å². The number of nitriles is 1. The number of halogens is 1. The fraction of sp³-hybridized carbons (Fsp3) is 0.417. The van der Waals surface area contributed by atoms with Gasteiger partial charge in [-0.15, -0.1) is 11.8 Å². The Morgan fingerprint density at radius 3 is 2.89 bits per heavy atom. The van der Waals surface area contributed by atoms with Crippen molar-refractivity contribution in [3.63, 3.8) is 0 Å². The van der Waals surface area contributed by atoms with Crippen LogP contribution in [0.1, 0.15) is 24.9 Å². The van der Waals surface area contributed by atoms with Gasteiger partial charge < -0.3 is 5.73 Å². The summed E-state index contributed by atoms with van der Waals surface area (Å²) in [6.45, 7) is 1.77. The maximum Gasteiger partial charge on any atom is 0.269 e. The lowest BCUT2D eigenvalue weighted by atomic mass is 10.0. The van der Waals surface area contributed by atoms with Gasteiger partial charge in [-0.2, -0.15) is 5.26 Å². The Hall–Kier alpha value is -1.65. The van der Waals surface area contributed by atoms with E-state index in [2.05, 4.69) is 6.07 Å². The van der Waals surface area contributed by atoms with Crippen LogP contribution in [0.25, 0.3) is 0 Å². The standard InChI is InChI=1S/C12H14FN3O2S/c1-8(7-14)19-5-4-12(15)10-6-9(16(17)18)2-3-11(10)13/h2-3,6,8,12H,4-5,15H2,1H3. The van der Waals surface area contributed by atoms with Gasteiger partial charge in [0.1, 0.15) is 5.82 Å². The average molecular weight is 283 g/mol. The van der Waals surface area contributed by atoms with E-state index in [1.54, 1.807) is 6.92 Å². The number of hydrogen-bond acceptors (Lipinski definition) is 5. The molecule has 0 saturated carbocycles. The molecule has 1 aromatic rings. The molecule has 0 spiro atoms. The third-order valence-electron chi connectivity index (χ3n) is 2.57. The summed E-state index contributed by atoms with van der Waals surface area (Å²) in [5.74, 6) is 0.0503. The summed E-state index contributed by atoms with van der Waals surface area (Å²) in [4.78, 5) is 10.1. The van der Waals surface area contributed by atoms with Crippen LogP contribution >= 0.6 is 11.8 Å². The second-order valence-corrected chi connectivity index (χ2v) is 5.45. The Kier molecular flexibility index (Phi) is 5.73. The Labute approximate surface area is 114 Å². The molecule has 0 bridgehead atoms. The highest BCUT2D eigenvalue weighted by molar-refractivity contribution is 8.00. The van der Waals surface area contributed by atoms with E-state index in [1.807, 2.05) is 0 Å². The second kappa shape index (κ2) is 7.07. The minimum atomic E-state index is -0.613. The van der Waals surface area contributed by atoms with Crippen molar-refractivity contribution in [2.24, 2.45) is 5.73 Å². The SMILES string of the molecule is CC(C#N)SCCC(N)c1cc([N+](=O)[O-])ccc1F. The van der Waals surface area contributed by atoms with Crippen LogP contribution < -0.4 is 5.73 Å². The van der Waals surface area contributed by atoms with Crippen molar-refractivity contribution in [2.45, 2.75) is 24.6 Å². The summed E-state index contributed by atoms with van der Waals surface area (Å²) < 4.78 is 13.6. The van der Waals surface area contributed by atoms with Gasteiger partial charge in [0, 0.05) is 23.7 Å². The third-order valence-corrected chi connectivity index (χ3v) is 3.65. The predicted octanol–water partition coefficient (Wildman–Crippen LogP) is 2.77. The summed E-state index contributed by atoms with van der Waals surface area (Å²) in [6, 6.07) is 4.79. The monoisotopic (exact) mass is 283 g/mol. The van der Waals surface area contributed by atoms with E-state index >= 15 is 0 Å². The first-order valence-corrected chi connectivity index (χ1v) is 6.71. The summed E-state index contributed by atoms with van der Waals surface area (Å²) in [5, 5.41) is 19.1. The van der Waals surface area contributed by atoms with Gasteiger partial charge in [-0.1, -0.05) is 0 Å². The van der Waals surface area contributed by atoms with Crippen molar-refractivity contribution in [3.05, 3.63) is 39.7 Å². The van der Waals surface area contributed by atoms with E-state index in [0.717, 1.165) is 12.1 Å². The van der Waals surface area contributed by atoms with Crippen LogP contribution in [0.5, 0.6) is 0 Å². The lowest BCUT2D eigenvalue weighted by Gasteiger charge is -2.13. The zero-order valence-electron chi connectivity index (χ0n) is 10.4. The number of thioether (sulfide) groups is 1. The minimum absolute atomic E-state index is 0.138. The molecule has 2 atom stereocenters. The van der Waals surface area contributed by atoms with E-state index < -0.39 is 16.8 Å². The molecule has 0 aliphatic heterocycles. The fourth-order valence-corrected chi connectivity index (χ4v) is 2.31. The van der Waals surface area contributed by atoms with E-state index in [-0.39, 0.29) is 16.5 Å². The smallest absolute Gasteiger partial charge is 0.269 e. The van der Waals surface area contributed by atoms with Gasteiger partial charge in [0.15, 0.2) is 0 Å². The second-order valence-electron chi connectivity index (χ2n) is 4.00. The van der Waals surface area contributed by atoms with Gasteiger partial charge in [-0.25, -0.2) is 4.39 Å². The normalized spacial score (nSPS) is 13.6. The van der Waals surface area contributed by atoms with Crippen molar-refractivity contribution in [3.8, 4) is 6.07 Å². The largest absolute Gasteiger partial charge is 0.324 e. The van der Waals surface area contributed by atoms with Crippen LogP contribution in [-0.4, -0.2) is 15.9 Å². The van der Waals surface area contributed by atoms with Crippen molar-refractivity contribution >= 4 is 17.4 Å². The highest BCUT2D eigenvalue weighted by Gasteiger charge is 2.16. The van der Waals surface area contributed by atoms with E-state index in [4.69, 9.17) is 11.0 Å². The molecule has 7 heteroatoms. The van der Waals surface area contributed by atoms with Gasteiger partial charge in [0.05, 0.1) is 16.2 Å². The maximum absolute atomic E-state index is 13.6. The Morgan fingerprint density at radius 2 is 2.32 bits per heavy atom. The first-order valence-electron chi connectivity index (χ1n) is 5.66. The number of hydrogen-bond donors (Lipinski definition) is 1. The Balaban J connectivity index is 2.71. The number of nitro benzene ring substituents is 1. The van der Waals surface area contributed by atoms with Crippen LogP contribution in [0.4, 0.5) is 10.1 Å². The van der Waals surface area contributed by atoms with E-state index in [0.29, 0.717) is 12.2 Å². The zero-order chi connectivity index (χ0) is 14.4. The number of nitrogens with two attached hydrogens (primary N) is 1. The van der Waals surface area contributed by atoms with Gasteiger partial charge in [0.25, 0.3) is 5.69 Å². The molecule has 0 amide bonds. The van der Waals surface area contributed by atoms with Crippen molar-refractivity contribution in [2.75, 3.05) is 5.75 Å². The molecule has 0 fully saturated rings. The average Bonchev–Trinajstić information content (AvgIpc) is 2.38. The van der Waals surface area contributed by atoms with Gasteiger partial charge in [-0.05, 0) is 25.2 Å². The molecule has 0 saturated heterocycles. The highest BCUT2D eigenvalue weighted by atomic mass is 32.2. The molecule has 1 aromatic carbocycles. The Morgan fingerprint density at radius 1 is 1.63 bits per heavy atom. The molecule has 0 aliphatic rings. The molecule has 19 heavy (non-hydrogen) atoms. The summed E-state index contributed by atoms with van der Waals surface area (Å²) in [5.41, 5.74) is 5.80. The van der Waals surface area contributed by atoms with Crippen LogP contribution in [0.2, 0.25) is 0 Å². The molecule has 2 unspecified atom stereocenters. The van der Waals surface area contributed by atoms with Crippen molar-refractivity contribution in [1.82, 2.24) is 0 Å². The number of non-ortho nitro benzene ring substituents is 1. The third kappa shape index (κ3) is 4.50. The number of nitrogens with zero attached hydrogens (tertiary/aromatic N) is 2. The molecule has 5 nitrogen and oxygen atoms in total. The van der Waals surface area contributed by atoms with Crippen LogP contribution in [0, 0.1) is 27.3 Å². The molecule has 0 heterocycles. The Bertz CT molecular complexity index is 504. The van der Waals surface area contributed by atoms with Crippen LogP contribution in [0.3, 0.4) is 0 Å². The number of nitro groups is 1. The summed E-state index contributed by atoms with van der Waals surface area (Å²) in [6.07, 6.45) is 0.453. The van der Waals surface area contributed by atoms with Crippen LogP contribution in [0.15, 0.2) is 18.2 Å². The molecular formula is C12H14FN3O2S. The quantitative estimate of drug-likeness (QED) is 0.640. The molecule has 0 radical (unpaired) electrons. The molecule has 1 rings (SSSR count). The predicted molar refractivity (Wildman–Crippen MR) is 72.1 cm³/mol. The lowest BCUT2D eigenvalue weighted by Crippen LogP contribution is -2.14. The number of rotatable bonds is 6. The first-order chi connectivity index (χ1) is 8.95. The molecule has 102 valence electrons. The van der Waals surface area contributed by atoms with Gasteiger partial charge in [0.2, 0.25) is 0 Å². The first kappa shape index (κ1) is 15.4. The van der Waals surface area contributed by atoms with Crippen LogP contribution in [-0.2, 0) is 0 Å².